The molecule has 3 heterocycles. The number of nitrogens with zero attached hydrogens (tertiary/aromatic N) is 2. The number of alkyl halides is 3. The molecule has 158 valence electrons. The Morgan fingerprint density at radius 3 is 2.67 bits per heavy atom. The number of aryl methyl sites for hydroxylation is 1. The van der Waals surface area contributed by atoms with E-state index in [9.17, 15) is 18.0 Å². The summed E-state index contributed by atoms with van der Waals surface area (Å²) in [5.41, 5.74) is 1.56. The highest BCUT2D eigenvalue weighted by Gasteiger charge is 2.48. The fraction of sp³-hybridized carbons (Fsp3) is 0.300. The van der Waals surface area contributed by atoms with Gasteiger partial charge in [0.15, 0.2) is 11.7 Å². The Morgan fingerprint density at radius 2 is 2.07 bits per heavy atom. The molecule has 3 aromatic rings. The Morgan fingerprint density at radius 1 is 1.33 bits per heavy atom. The van der Waals surface area contributed by atoms with E-state index in [0.29, 0.717) is 5.69 Å². The number of fused-ring (bicyclic) bond motifs is 1. The molecule has 0 fully saturated rings. The molecule has 1 amide bonds. The van der Waals surface area contributed by atoms with Gasteiger partial charge in [-0.3, -0.25) is 4.79 Å². The molecule has 0 spiro atoms. The minimum absolute atomic E-state index is 0.0989. The minimum Gasteiger partial charge on any atom is -0.362 e. The lowest BCUT2D eigenvalue weighted by molar-refractivity contribution is -0.173. The summed E-state index contributed by atoms with van der Waals surface area (Å²) in [6, 6.07) is 8.52. The predicted molar refractivity (Wildman–Crippen MR) is 114 cm³/mol. The van der Waals surface area contributed by atoms with Crippen molar-refractivity contribution in [2.75, 3.05) is 10.6 Å². The zero-order valence-electron chi connectivity index (χ0n) is 15.8. The molecule has 2 N–H and O–H groups in total. The molecule has 2 aromatic heterocycles. The molecular weight excluding hydrogens is 481 g/mol. The monoisotopic (exact) mass is 498 g/mol. The first-order chi connectivity index (χ1) is 14.3. The van der Waals surface area contributed by atoms with E-state index in [1.54, 1.807) is 24.3 Å². The van der Waals surface area contributed by atoms with Crippen LogP contribution >= 0.6 is 27.3 Å². The van der Waals surface area contributed by atoms with Crippen LogP contribution in [-0.4, -0.2) is 21.9 Å². The number of carbonyl (C=O) groups excluding carboxylic acids is 1. The van der Waals surface area contributed by atoms with E-state index in [4.69, 9.17) is 0 Å². The van der Waals surface area contributed by atoms with Crippen molar-refractivity contribution in [1.29, 1.82) is 0 Å². The zero-order valence-corrected chi connectivity index (χ0v) is 18.2. The molecule has 1 aliphatic rings. The van der Waals surface area contributed by atoms with Gasteiger partial charge in [-0.2, -0.15) is 18.3 Å². The number of aromatic nitrogens is 2. The summed E-state index contributed by atoms with van der Waals surface area (Å²) in [4.78, 5) is 13.5. The van der Waals surface area contributed by atoms with Crippen LogP contribution < -0.4 is 10.6 Å². The number of rotatable bonds is 4. The van der Waals surface area contributed by atoms with E-state index in [0.717, 1.165) is 21.5 Å². The largest absolute Gasteiger partial charge is 0.410 e. The van der Waals surface area contributed by atoms with Crippen LogP contribution in [0.3, 0.4) is 0 Å². The molecule has 0 bridgehead atoms. The highest BCUT2D eigenvalue weighted by molar-refractivity contribution is 9.10. The number of thiophene rings is 1. The molecule has 10 heteroatoms. The first-order valence-electron chi connectivity index (χ1n) is 9.33. The van der Waals surface area contributed by atoms with Gasteiger partial charge >= 0.3 is 6.18 Å². The topological polar surface area (TPSA) is 59.0 Å². The number of hydrogen-bond acceptors (Lipinski definition) is 4. The van der Waals surface area contributed by atoms with Crippen LogP contribution in [0.2, 0.25) is 0 Å². The van der Waals surface area contributed by atoms with Crippen LogP contribution in [0, 0.1) is 0 Å². The van der Waals surface area contributed by atoms with Crippen molar-refractivity contribution in [2.24, 2.45) is 0 Å². The van der Waals surface area contributed by atoms with Crippen LogP contribution in [0.4, 0.5) is 24.7 Å². The number of carbonyl (C=O) groups is 1. The first kappa shape index (κ1) is 20.9. The summed E-state index contributed by atoms with van der Waals surface area (Å²) in [7, 11) is 0. The van der Waals surface area contributed by atoms with E-state index < -0.39 is 24.2 Å². The maximum atomic E-state index is 13.8. The summed E-state index contributed by atoms with van der Waals surface area (Å²) in [6.07, 6.45) is -3.84. The van der Waals surface area contributed by atoms with Crippen LogP contribution in [0.25, 0.3) is 0 Å². The third-order valence-corrected chi connectivity index (χ3v) is 6.75. The number of benzene rings is 1. The van der Waals surface area contributed by atoms with Crippen molar-refractivity contribution in [1.82, 2.24) is 9.78 Å². The third kappa shape index (κ3) is 3.98. The second-order valence-electron chi connectivity index (χ2n) is 6.97. The summed E-state index contributed by atoms with van der Waals surface area (Å²) in [5.74, 6) is -0.433. The fourth-order valence-corrected chi connectivity index (χ4v) is 4.77. The van der Waals surface area contributed by atoms with E-state index in [-0.39, 0.29) is 22.4 Å². The maximum absolute atomic E-state index is 13.8. The van der Waals surface area contributed by atoms with E-state index in [1.807, 2.05) is 24.4 Å². The van der Waals surface area contributed by atoms with Gasteiger partial charge in [-0.1, -0.05) is 25.1 Å². The van der Waals surface area contributed by atoms with E-state index in [2.05, 4.69) is 31.7 Å². The van der Waals surface area contributed by atoms with Crippen LogP contribution in [0.15, 0.2) is 46.3 Å². The van der Waals surface area contributed by atoms with Gasteiger partial charge in [0.05, 0.1) is 10.5 Å². The van der Waals surface area contributed by atoms with Gasteiger partial charge in [-0.15, -0.1) is 11.3 Å². The average Bonchev–Trinajstić information content (AvgIpc) is 3.36. The van der Waals surface area contributed by atoms with Gasteiger partial charge in [-0.05, 0) is 51.5 Å². The normalized spacial score (nSPS) is 18.6. The van der Waals surface area contributed by atoms with Crippen molar-refractivity contribution in [3.63, 3.8) is 0 Å². The Bertz CT molecular complexity index is 1050. The van der Waals surface area contributed by atoms with Crippen molar-refractivity contribution in [3.05, 3.63) is 62.4 Å². The molecule has 0 aliphatic carbocycles. The number of halogens is 4. The number of anilines is 2. The Kier molecular flexibility index (Phi) is 5.63. The molecule has 0 saturated carbocycles. The summed E-state index contributed by atoms with van der Waals surface area (Å²) < 4.78 is 42.5. The molecular formula is C20H18BrF3N4OS. The van der Waals surface area contributed by atoms with E-state index in [1.165, 1.54) is 11.3 Å². The molecule has 0 unspecified atom stereocenters. The van der Waals surface area contributed by atoms with E-state index >= 15 is 0 Å². The van der Waals surface area contributed by atoms with Gasteiger partial charge in [0.2, 0.25) is 0 Å². The van der Waals surface area contributed by atoms with Gasteiger partial charge < -0.3 is 10.6 Å². The quantitative estimate of drug-likeness (QED) is 0.451. The smallest absolute Gasteiger partial charge is 0.362 e. The summed E-state index contributed by atoms with van der Waals surface area (Å²) in [5, 5.41) is 11.7. The Balaban J connectivity index is 1.66. The molecule has 2 atom stereocenters. The molecule has 1 aromatic carbocycles. The number of hydrogen-bond donors (Lipinski definition) is 2. The van der Waals surface area contributed by atoms with Crippen molar-refractivity contribution < 1.29 is 18.0 Å². The second-order valence-corrected chi connectivity index (χ2v) is 8.74. The highest BCUT2D eigenvalue weighted by Crippen LogP contribution is 2.46. The molecule has 5 nitrogen and oxygen atoms in total. The molecule has 4 rings (SSSR count). The number of nitrogens with one attached hydrogen (secondary N) is 2. The zero-order chi connectivity index (χ0) is 21.5. The summed E-state index contributed by atoms with van der Waals surface area (Å²) in [6.45, 7) is 2.02. The van der Waals surface area contributed by atoms with Gasteiger partial charge in [0.1, 0.15) is 5.82 Å². The van der Waals surface area contributed by atoms with Crippen molar-refractivity contribution in [2.45, 2.75) is 38.0 Å². The maximum Gasteiger partial charge on any atom is 0.410 e. The van der Waals surface area contributed by atoms with Gasteiger partial charge in [0, 0.05) is 17.0 Å². The minimum atomic E-state index is -4.50. The van der Waals surface area contributed by atoms with Crippen molar-refractivity contribution >= 4 is 44.7 Å². The summed E-state index contributed by atoms with van der Waals surface area (Å²) >= 11 is 4.67. The average molecular weight is 499 g/mol. The first-order valence-corrected chi connectivity index (χ1v) is 11.0. The number of amides is 1. The lowest BCUT2D eigenvalue weighted by Gasteiger charge is -2.33. The fourth-order valence-electron chi connectivity index (χ4n) is 3.42. The third-order valence-electron chi connectivity index (χ3n) is 5.02. The Hall–Kier alpha value is -2.33. The standard InChI is InChI=1S/C20H18BrF3N4OS/c1-2-11-5-7-12(8-6-11)25-19(29)17-16(21)18-26-13(14-4-3-9-30-14)10-15(20(22,23)24)28(18)27-17/h3-9,13,15,26H,2,10H2,1H3,(H,25,29)/t13-,15-/m0/s1. The van der Waals surface area contributed by atoms with Crippen LogP contribution in [0.1, 0.15) is 46.4 Å². The second kappa shape index (κ2) is 8.07. The molecule has 0 radical (unpaired) electrons. The Labute approximate surface area is 183 Å². The van der Waals surface area contributed by atoms with Crippen molar-refractivity contribution in [3.8, 4) is 0 Å². The molecule has 1 aliphatic heterocycles. The van der Waals surface area contributed by atoms with Crippen LogP contribution in [0.5, 0.6) is 0 Å². The molecule has 0 saturated heterocycles. The lowest BCUT2D eigenvalue weighted by atomic mass is 10.0. The predicted octanol–water partition coefficient (Wildman–Crippen LogP) is 6.18. The molecule has 30 heavy (non-hydrogen) atoms. The SMILES string of the molecule is CCc1ccc(NC(=O)c2nn3c(c2Br)N[C@H](c2cccs2)C[C@H]3C(F)(F)F)cc1. The van der Waals surface area contributed by atoms with Gasteiger partial charge in [0.25, 0.3) is 5.91 Å². The van der Waals surface area contributed by atoms with Crippen LogP contribution in [-0.2, 0) is 6.42 Å². The lowest BCUT2D eigenvalue weighted by Crippen LogP contribution is -2.35. The highest BCUT2D eigenvalue weighted by atomic mass is 79.9. The van der Waals surface area contributed by atoms with Gasteiger partial charge in [-0.25, -0.2) is 4.68 Å².